The number of aliphatic imine (C=N–C) groups is 1. The van der Waals surface area contributed by atoms with Gasteiger partial charge in [0.25, 0.3) is 11.8 Å². The van der Waals surface area contributed by atoms with E-state index in [0.29, 0.717) is 11.3 Å². The summed E-state index contributed by atoms with van der Waals surface area (Å²) in [5, 5.41) is 7.62. The van der Waals surface area contributed by atoms with Gasteiger partial charge in [-0.1, -0.05) is 18.2 Å². The summed E-state index contributed by atoms with van der Waals surface area (Å²) in [6.45, 7) is 0.890. The molecule has 5 rings (SSSR count). The SMILES string of the molecule is O=C1CCC(N2C(=O)c3ccc(CNC(=O)Nc4ccc(C5=NC5)cc4)cc3C2=O)C(=O)N1. The number of anilines is 1. The minimum atomic E-state index is -1.01. The monoisotopic (exact) mass is 445 g/mol. The molecule has 10 heteroatoms. The molecule has 33 heavy (non-hydrogen) atoms. The first kappa shape index (κ1) is 20.6. The average Bonchev–Trinajstić information content (AvgIpc) is 3.61. The van der Waals surface area contributed by atoms with E-state index in [-0.39, 0.29) is 30.5 Å². The number of nitrogens with zero attached hydrogens (tertiary/aromatic N) is 2. The molecular weight excluding hydrogens is 426 g/mol. The minimum absolute atomic E-state index is 0.0611. The van der Waals surface area contributed by atoms with Gasteiger partial charge in [-0.3, -0.25) is 34.4 Å². The fraction of sp³-hybridized carbons (Fsp3) is 0.217. The number of rotatable bonds is 5. The first-order chi connectivity index (χ1) is 15.9. The van der Waals surface area contributed by atoms with E-state index in [2.05, 4.69) is 20.9 Å². The summed E-state index contributed by atoms with van der Waals surface area (Å²) >= 11 is 0. The first-order valence-corrected chi connectivity index (χ1v) is 10.4. The average molecular weight is 445 g/mol. The normalized spacial score (nSPS) is 19.1. The molecule has 3 N–H and O–H groups in total. The fourth-order valence-electron chi connectivity index (χ4n) is 3.95. The van der Waals surface area contributed by atoms with Crippen molar-refractivity contribution in [1.82, 2.24) is 15.5 Å². The molecule has 3 heterocycles. The lowest BCUT2D eigenvalue weighted by Gasteiger charge is -2.27. The second-order valence-corrected chi connectivity index (χ2v) is 7.98. The van der Waals surface area contributed by atoms with Crippen LogP contribution in [0.2, 0.25) is 0 Å². The van der Waals surface area contributed by atoms with Crippen LogP contribution in [0.1, 0.15) is 44.7 Å². The van der Waals surface area contributed by atoms with Crippen molar-refractivity contribution < 1.29 is 24.0 Å². The lowest BCUT2D eigenvalue weighted by atomic mass is 10.0. The molecule has 1 saturated heterocycles. The molecule has 1 atom stereocenters. The van der Waals surface area contributed by atoms with Gasteiger partial charge in [-0.05, 0) is 41.8 Å². The van der Waals surface area contributed by atoms with Crippen LogP contribution in [-0.4, -0.2) is 52.9 Å². The van der Waals surface area contributed by atoms with Gasteiger partial charge in [-0.25, -0.2) is 4.79 Å². The van der Waals surface area contributed by atoms with E-state index in [0.717, 1.165) is 22.7 Å². The molecule has 3 aliphatic rings. The van der Waals surface area contributed by atoms with E-state index in [9.17, 15) is 24.0 Å². The van der Waals surface area contributed by atoms with Crippen molar-refractivity contribution in [3.05, 3.63) is 64.7 Å². The zero-order chi connectivity index (χ0) is 23.1. The quantitative estimate of drug-likeness (QED) is 0.594. The summed E-state index contributed by atoms with van der Waals surface area (Å²) in [4.78, 5) is 66.4. The number of hydrogen-bond acceptors (Lipinski definition) is 6. The smallest absolute Gasteiger partial charge is 0.319 e. The van der Waals surface area contributed by atoms with Gasteiger partial charge >= 0.3 is 6.03 Å². The second kappa shape index (κ2) is 7.97. The van der Waals surface area contributed by atoms with E-state index in [1.165, 1.54) is 12.1 Å². The maximum absolute atomic E-state index is 12.9. The van der Waals surface area contributed by atoms with Crippen LogP contribution >= 0.6 is 0 Å². The van der Waals surface area contributed by atoms with E-state index in [1.54, 1.807) is 18.2 Å². The van der Waals surface area contributed by atoms with E-state index in [1.807, 2.05) is 12.1 Å². The van der Waals surface area contributed by atoms with Crippen molar-refractivity contribution >= 4 is 41.1 Å². The van der Waals surface area contributed by atoms with Crippen LogP contribution in [0.4, 0.5) is 10.5 Å². The molecule has 0 aliphatic carbocycles. The number of imide groups is 2. The zero-order valence-electron chi connectivity index (χ0n) is 17.4. The number of carbonyl (C=O) groups is 5. The number of hydrogen-bond donors (Lipinski definition) is 3. The van der Waals surface area contributed by atoms with Crippen molar-refractivity contribution in [1.29, 1.82) is 0 Å². The van der Waals surface area contributed by atoms with E-state index < -0.39 is 35.7 Å². The molecule has 1 fully saturated rings. The molecular formula is C23H19N5O5. The Morgan fingerprint density at radius 3 is 2.45 bits per heavy atom. The van der Waals surface area contributed by atoms with Crippen LogP contribution in [-0.2, 0) is 16.1 Å². The summed E-state index contributed by atoms with van der Waals surface area (Å²) in [6, 6.07) is 10.6. The molecule has 0 saturated carbocycles. The number of urea groups is 1. The molecule has 6 amide bonds. The van der Waals surface area contributed by atoms with Gasteiger partial charge in [0.05, 0.1) is 23.4 Å². The summed E-state index contributed by atoms with van der Waals surface area (Å²) in [7, 11) is 0. The number of piperidine rings is 1. The number of carbonyl (C=O) groups excluding carboxylic acids is 5. The van der Waals surface area contributed by atoms with Crippen LogP contribution in [0.3, 0.4) is 0 Å². The van der Waals surface area contributed by atoms with Crippen molar-refractivity contribution in [3.63, 3.8) is 0 Å². The Bertz CT molecular complexity index is 1250. The summed E-state index contributed by atoms with van der Waals surface area (Å²) in [6.07, 6.45) is 0.158. The molecule has 0 bridgehead atoms. The van der Waals surface area contributed by atoms with Crippen LogP contribution in [0.5, 0.6) is 0 Å². The highest BCUT2D eigenvalue weighted by Gasteiger charge is 2.44. The molecule has 3 aliphatic heterocycles. The maximum Gasteiger partial charge on any atom is 0.319 e. The van der Waals surface area contributed by atoms with Gasteiger partial charge in [0.1, 0.15) is 6.04 Å². The third kappa shape index (κ3) is 3.98. The Morgan fingerprint density at radius 1 is 1.03 bits per heavy atom. The molecule has 2 aromatic rings. The Labute approximate surface area is 188 Å². The maximum atomic E-state index is 12.9. The van der Waals surface area contributed by atoms with Gasteiger partial charge in [-0.2, -0.15) is 0 Å². The summed E-state index contributed by atoms with van der Waals surface area (Å²) in [5.41, 5.74) is 3.70. The highest BCUT2D eigenvalue weighted by molar-refractivity contribution is 6.23. The van der Waals surface area contributed by atoms with Crippen LogP contribution in [0.25, 0.3) is 0 Å². The summed E-state index contributed by atoms with van der Waals surface area (Å²) in [5.74, 6) is -2.23. The second-order valence-electron chi connectivity index (χ2n) is 7.98. The highest BCUT2D eigenvalue weighted by atomic mass is 16.2. The largest absolute Gasteiger partial charge is 0.334 e. The predicted octanol–water partition coefficient (Wildman–Crippen LogP) is 1.21. The predicted molar refractivity (Wildman–Crippen MR) is 117 cm³/mol. The van der Waals surface area contributed by atoms with Gasteiger partial charge in [-0.15, -0.1) is 0 Å². The first-order valence-electron chi connectivity index (χ1n) is 10.4. The van der Waals surface area contributed by atoms with Crippen molar-refractivity contribution in [2.45, 2.75) is 25.4 Å². The van der Waals surface area contributed by atoms with E-state index >= 15 is 0 Å². The third-order valence-electron chi connectivity index (χ3n) is 5.75. The van der Waals surface area contributed by atoms with Crippen molar-refractivity contribution in [2.75, 3.05) is 11.9 Å². The number of benzene rings is 2. The zero-order valence-corrected chi connectivity index (χ0v) is 17.4. The van der Waals surface area contributed by atoms with Gasteiger partial charge in [0.2, 0.25) is 11.8 Å². The standard InChI is InChI=1S/C23H19N5O5/c29-19-8-7-18(20(30)27-19)28-21(31)15-6-1-12(9-16(15)22(28)32)10-25-23(33)26-14-4-2-13(3-5-14)17-11-24-17/h1-6,9,18H,7-8,10-11H2,(H2,25,26,33)(H,27,29,30). The molecule has 0 aromatic heterocycles. The Balaban J connectivity index is 1.22. The lowest BCUT2D eigenvalue weighted by molar-refractivity contribution is -0.136. The molecule has 1 unspecified atom stereocenters. The lowest BCUT2D eigenvalue weighted by Crippen LogP contribution is -2.54. The topological polar surface area (TPSA) is 137 Å². The number of amides is 6. The van der Waals surface area contributed by atoms with Crippen LogP contribution in [0.15, 0.2) is 47.5 Å². The third-order valence-corrected chi connectivity index (χ3v) is 5.75. The molecule has 0 spiro atoms. The van der Waals surface area contributed by atoms with Crippen LogP contribution in [0, 0.1) is 0 Å². The number of fused-ring (bicyclic) bond motifs is 1. The highest BCUT2D eigenvalue weighted by Crippen LogP contribution is 2.28. The molecule has 10 nitrogen and oxygen atoms in total. The van der Waals surface area contributed by atoms with E-state index in [4.69, 9.17) is 0 Å². The van der Waals surface area contributed by atoms with Crippen molar-refractivity contribution in [3.8, 4) is 0 Å². The van der Waals surface area contributed by atoms with Gasteiger partial charge in [0.15, 0.2) is 0 Å². The van der Waals surface area contributed by atoms with Crippen molar-refractivity contribution in [2.24, 2.45) is 4.99 Å². The Hall–Kier alpha value is -4.34. The number of nitrogens with one attached hydrogen (secondary N) is 3. The van der Waals surface area contributed by atoms with Crippen LogP contribution < -0.4 is 16.0 Å². The summed E-state index contributed by atoms with van der Waals surface area (Å²) < 4.78 is 0. The Kier molecular flexibility index (Phi) is 4.97. The molecule has 166 valence electrons. The Morgan fingerprint density at radius 2 is 1.76 bits per heavy atom. The molecule has 2 aromatic carbocycles. The minimum Gasteiger partial charge on any atom is -0.334 e. The van der Waals surface area contributed by atoms with Gasteiger partial charge in [0, 0.05) is 18.7 Å². The fourth-order valence-corrected chi connectivity index (χ4v) is 3.95. The molecule has 0 radical (unpaired) electrons. The van der Waals surface area contributed by atoms with Gasteiger partial charge < -0.3 is 10.6 Å².